The third-order valence-corrected chi connectivity index (χ3v) is 4.90. The number of benzene rings is 1. The highest BCUT2D eigenvalue weighted by atomic mass is 35.5. The predicted molar refractivity (Wildman–Crippen MR) is 94.5 cm³/mol. The van der Waals surface area contributed by atoms with Crippen LogP contribution in [0.25, 0.3) is 0 Å². The molecular formula is C17H26ClN3O2. The van der Waals surface area contributed by atoms with Crippen LogP contribution in [-0.2, 0) is 4.79 Å². The largest absolute Gasteiger partial charge is 0.497 e. The molecule has 0 unspecified atom stereocenters. The summed E-state index contributed by atoms with van der Waals surface area (Å²) in [6, 6.07) is 7.49. The number of ether oxygens (including phenoxy) is 1. The van der Waals surface area contributed by atoms with Gasteiger partial charge in [0, 0.05) is 18.3 Å². The van der Waals surface area contributed by atoms with Gasteiger partial charge in [0.25, 0.3) is 0 Å². The van der Waals surface area contributed by atoms with Crippen LogP contribution in [0.4, 0.5) is 5.69 Å². The molecule has 0 aliphatic carbocycles. The lowest BCUT2D eigenvalue weighted by molar-refractivity contribution is -0.117. The molecular weight excluding hydrogens is 314 g/mol. The topological polar surface area (TPSA) is 53.6 Å². The lowest BCUT2D eigenvalue weighted by atomic mass is 9.78. The minimum Gasteiger partial charge on any atom is -0.497 e. The van der Waals surface area contributed by atoms with Crippen LogP contribution in [0.5, 0.6) is 5.75 Å². The summed E-state index contributed by atoms with van der Waals surface area (Å²) in [4.78, 5) is 14.5. The summed E-state index contributed by atoms with van der Waals surface area (Å²) in [6.45, 7) is 4.80. The van der Waals surface area contributed by atoms with Crippen molar-refractivity contribution >= 4 is 24.0 Å². The highest BCUT2D eigenvalue weighted by molar-refractivity contribution is 5.92. The third kappa shape index (κ3) is 4.59. The average molecular weight is 340 g/mol. The lowest BCUT2D eigenvalue weighted by Gasteiger charge is -2.33. The van der Waals surface area contributed by atoms with Gasteiger partial charge >= 0.3 is 0 Å². The molecule has 2 aliphatic heterocycles. The Hall–Kier alpha value is -1.30. The summed E-state index contributed by atoms with van der Waals surface area (Å²) in [6.07, 6.45) is 3.70. The zero-order valence-corrected chi connectivity index (χ0v) is 14.5. The van der Waals surface area contributed by atoms with Crippen LogP contribution < -0.4 is 15.4 Å². The van der Waals surface area contributed by atoms with Gasteiger partial charge in [-0.15, -0.1) is 12.4 Å². The van der Waals surface area contributed by atoms with Gasteiger partial charge < -0.3 is 15.4 Å². The van der Waals surface area contributed by atoms with Crippen LogP contribution in [0.1, 0.15) is 19.3 Å². The Morgan fingerprint density at radius 2 is 2.13 bits per heavy atom. The summed E-state index contributed by atoms with van der Waals surface area (Å²) < 4.78 is 5.18. The average Bonchev–Trinajstić information content (AvgIpc) is 2.90. The first kappa shape index (κ1) is 18.0. The van der Waals surface area contributed by atoms with Gasteiger partial charge in [-0.05, 0) is 56.4 Å². The van der Waals surface area contributed by atoms with E-state index in [0.717, 1.165) is 37.6 Å². The van der Waals surface area contributed by atoms with E-state index in [1.165, 1.54) is 19.3 Å². The van der Waals surface area contributed by atoms with Gasteiger partial charge in [0.05, 0.1) is 13.7 Å². The number of carbonyl (C=O) groups is 1. The summed E-state index contributed by atoms with van der Waals surface area (Å²) in [5.74, 6) is 0.812. The van der Waals surface area contributed by atoms with Crippen LogP contribution in [0.15, 0.2) is 24.3 Å². The monoisotopic (exact) mass is 339 g/mol. The SMILES string of the molecule is COc1cccc(NC(=O)CN2CCC3(CCNCC3)C2)c1.Cl. The van der Waals surface area contributed by atoms with Gasteiger partial charge in [0.2, 0.25) is 5.91 Å². The number of hydrogen-bond acceptors (Lipinski definition) is 4. The molecule has 1 spiro atoms. The van der Waals surface area contributed by atoms with Crippen LogP contribution >= 0.6 is 12.4 Å². The molecule has 3 rings (SSSR count). The Balaban J connectivity index is 0.00000192. The molecule has 2 heterocycles. The van der Waals surface area contributed by atoms with Gasteiger partial charge in [-0.25, -0.2) is 0 Å². The number of likely N-dealkylation sites (tertiary alicyclic amines) is 1. The molecule has 5 nitrogen and oxygen atoms in total. The molecule has 1 amide bonds. The molecule has 2 N–H and O–H groups in total. The van der Waals surface area contributed by atoms with Crippen molar-refractivity contribution in [2.75, 3.05) is 45.2 Å². The molecule has 0 atom stereocenters. The van der Waals surface area contributed by atoms with Crippen molar-refractivity contribution in [3.8, 4) is 5.75 Å². The van der Waals surface area contributed by atoms with E-state index in [0.29, 0.717) is 12.0 Å². The number of hydrogen-bond donors (Lipinski definition) is 2. The van der Waals surface area contributed by atoms with Crippen molar-refractivity contribution in [1.29, 1.82) is 0 Å². The summed E-state index contributed by atoms with van der Waals surface area (Å²) in [5.41, 5.74) is 1.24. The molecule has 1 aromatic carbocycles. The summed E-state index contributed by atoms with van der Waals surface area (Å²) in [7, 11) is 1.63. The number of halogens is 1. The summed E-state index contributed by atoms with van der Waals surface area (Å²) >= 11 is 0. The number of anilines is 1. The molecule has 23 heavy (non-hydrogen) atoms. The van der Waals surface area contributed by atoms with Crippen LogP contribution in [0, 0.1) is 5.41 Å². The zero-order chi connectivity index (χ0) is 15.4. The molecule has 1 aromatic rings. The van der Waals surface area contributed by atoms with Crippen LogP contribution in [-0.4, -0.2) is 50.6 Å². The predicted octanol–water partition coefficient (Wildman–Crippen LogP) is 2.13. The Labute approximate surface area is 144 Å². The highest BCUT2D eigenvalue weighted by Crippen LogP contribution is 2.38. The molecule has 0 bridgehead atoms. The number of amides is 1. The molecule has 0 aromatic heterocycles. The fourth-order valence-electron chi connectivity index (χ4n) is 3.63. The number of nitrogens with one attached hydrogen (secondary N) is 2. The quantitative estimate of drug-likeness (QED) is 0.882. The normalized spacial score (nSPS) is 20.0. The first-order valence-corrected chi connectivity index (χ1v) is 8.06. The van der Waals surface area contributed by atoms with Crippen molar-refractivity contribution in [3.05, 3.63) is 24.3 Å². The van der Waals surface area contributed by atoms with Gasteiger partial charge in [-0.2, -0.15) is 0 Å². The number of carbonyl (C=O) groups excluding carboxylic acids is 1. The third-order valence-electron chi connectivity index (χ3n) is 4.90. The molecule has 2 fully saturated rings. The first-order chi connectivity index (χ1) is 10.7. The second kappa shape index (κ2) is 7.99. The van der Waals surface area contributed by atoms with Crippen LogP contribution in [0.2, 0.25) is 0 Å². The molecule has 6 heteroatoms. The number of piperidine rings is 1. The van der Waals surface area contributed by atoms with Crippen molar-refractivity contribution in [2.24, 2.45) is 5.41 Å². The highest BCUT2D eigenvalue weighted by Gasteiger charge is 2.39. The van der Waals surface area contributed by atoms with Crippen molar-refractivity contribution < 1.29 is 9.53 Å². The lowest BCUT2D eigenvalue weighted by Crippen LogP contribution is -2.40. The van der Waals surface area contributed by atoms with Gasteiger partial charge in [0.15, 0.2) is 0 Å². The Morgan fingerprint density at radius 1 is 1.35 bits per heavy atom. The number of nitrogens with zero attached hydrogens (tertiary/aromatic N) is 1. The van der Waals surface area contributed by atoms with E-state index in [1.54, 1.807) is 7.11 Å². The molecule has 2 saturated heterocycles. The standard InChI is InChI=1S/C17H25N3O2.ClH/c1-22-15-4-2-3-14(11-15)19-16(21)12-20-10-7-17(13-20)5-8-18-9-6-17;/h2-4,11,18H,5-10,12-13H2,1H3,(H,19,21);1H. The van der Waals surface area contributed by atoms with Gasteiger partial charge in [0.1, 0.15) is 5.75 Å². The second-order valence-electron chi connectivity index (χ2n) is 6.49. The van der Waals surface area contributed by atoms with E-state index >= 15 is 0 Å². The smallest absolute Gasteiger partial charge is 0.238 e. The van der Waals surface area contributed by atoms with E-state index in [2.05, 4.69) is 15.5 Å². The van der Waals surface area contributed by atoms with E-state index in [1.807, 2.05) is 24.3 Å². The fourth-order valence-corrected chi connectivity index (χ4v) is 3.63. The number of methoxy groups -OCH3 is 1. The van der Waals surface area contributed by atoms with E-state index in [9.17, 15) is 4.79 Å². The Bertz CT molecular complexity index is 532. The Kier molecular flexibility index (Phi) is 6.27. The molecule has 0 radical (unpaired) electrons. The van der Waals surface area contributed by atoms with E-state index in [-0.39, 0.29) is 18.3 Å². The van der Waals surface area contributed by atoms with E-state index in [4.69, 9.17) is 4.74 Å². The molecule has 128 valence electrons. The Morgan fingerprint density at radius 3 is 2.87 bits per heavy atom. The molecule has 0 saturated carbocycles. The van der Waals surface area contributed by atoms with Gasteiger partial charge in [-0.1, -0.05) is 6.07 Å². The van der Waals surface area contributed by atoms with Crippen molar-refractivity contribution in [1.82, 2.24) is 10.2 Å². The van der Waals surface area contributed by atoms with Crippen molar-refractivity contribution in [3.63, 3.8) is 0 Å². The maximum absolute atomic E-state index is 12.2. The second-order valence-corrected chi connectivity index (χ2v) is 6.49. The minimum atomic E-state index is 0. The maximum atomic E-state index is 12.2. The summed E-state index contributed by atoms with van der Waals surface area (Å²) in [5, 5.41) is 6.39. The first-order valence-electron chi connectivity index (χ1n) is 8.06. The minimum absolute atomic E-state index is 0. The van der Waals surface area contributed by atoms with Crippen LogP contribution in [0.3, 0.4) is 0 Å². The van der Waals surface area contributed by atoms with Crippen molar-refractivity contribution in [2.45, 2.75) is 19.3 Å². The number of rotatable bonds is 4. The zero-order valence-electron chi connectivity index (χ0n) is 13.6. The maximum Gasteiger partial charge on any atom is 0.238 e. The van der Waals surface area contributed by atoms with Gasteiger partial charge in [-0.3, -0.25) is 9.69 Å². The van der Waals surface area contributed by atoms with E-state index < -0.39 is 0 Å². The molecule has 2 aliphatic rings. The fraction of sp³-hybridized carbons (Fsp3) is 0.588.